The third-order valence-corrected chi connectivity index (χ3v) is 4.46. The number of nitrogens with zero attached hydrogens (tertiary/aromatic N) is 2. The maximum atomic E-state index is 12.6. The van der Waals surface area contributed by atoms with E-state index in [-0.39, 0.29) is 19.6 Å². The summed E-state index contributed by atoms with van der Waals surface area (Å²) in [5, 5.41) is 11.9. The molecule has 0 radical (unpaired) electrons. The first-order chi connectivity index (χ1) is 13.7. The van der Waals surface area contributed by atoms with Crippen LogP contribution in [0.25, 0.3) is 0 Å². The van der Waals surface area contributed by atoms with Crippen molar-refractivity contribution >= 4 is 29.5 Å². The van der Waals surface area contributed by atoms with Crippen molar-refractivity contribution in [1.82, 2.24) is 4.90 Å². The van der Waals surface area contributed by atoms with Gasteiger partial charge in [-0.3, -0.25) is 10.2 Å². The Morgan fingerprint density at radius 2 is 2.10 bits per heavy atom. The molecule has 0 saturated carbocycles. The predicted octanol–water partition coefficient (Wildman–Crippen LogP) is 4.58. The molecule has 8 nitrogen and oxygen atoms in total. The summed E-state index contributed by atoms with van der Waals surface area (Å²) in [5.41, 5.74) is 1.35. The SMILES string of the molecule is COc1cc2c(cc1NC(=O)OCCCCl)CN(C(=O)OC(C)(C)C)C2CC#N. The van der Waals surface area contributed by atoms with Gasteiger partial charge >= 0.3 is 12.2 Å². The van der Waals surface area contributed by atoms with E-state index in [9.17, 15) is 14.9 Å². The van der Waals surface area contributed by atoms with E-state index >= 15 is 0 Å². The first-order valence-corrected chi connectivity index (χ1v) is 9.80. The molecule has 2 rings (SSSR count). The molecule has 1 aliphatic rings. The van der Waals surface area contributed by atoms with Gasteiger partial charge in [0.1, 0.15) is 11.4 Å². The number of rotatable bonds is 6. The van der Waals surface area contributed by atoms with Crippen LogP contribution in [0.3, 0.4) is 0 Å². The van der Waals surface area contributed by atoms with Gasteiger partial charge in [0.25, 0.3) is 0 Å². The van der Waals surface area contributed by atoms with E-state index in [1.165, 1.54) is 12.0 Å². The van der Waals surface area contributed by atoms with Crippen LogP contribution in [-0.2, 0) is 16.0 Å². The monoisotopic (exact) mass is 423 g/mol. The summed E-state index contributed by atoms with van der Waals surface area (Å²) in [6.07, 6.45) is -0.452. The second-order valence-corrected chi connectivity index (χ2v) is 7.92. The summed E-state index contributed by atoms with van der Waals surface area (Å²) >= 11 is 5.58. The highest BCUT2D eigenvalue weighted by molar-refractivity contribution is 6.17. The van der Waals surface area contributed by atoms with E-state index in [0.717, 1.165) is 11.1 Å². The number of anilines is 1. The Labute approximate surface area is 175 Å². The number of carbonyl (C=O) groups is 2. The number of hydrogen-bond donors (Lipinski definition) is 1. The Kier molecular flexibility index (Phi) is 7.57. The van der Waals surface area contributed by atoms with Gasteiger partial charge in [-0.2, -0.15) is 5.26 Å². The maximum absolute atomic E-state index is 12.6. The molecule has 1 unspecified atom stereocenters. The zero-order chi connectivity index (χ0) is 21.6. The molecule has 1 heterocycles. The van der Waals surface area contributed by atoms with Gasteiger partial charge in [-0.05, 0) is 50.5 Å². The molecule has 1 N–H and O–H groups in total. The van der Waals surface area contributed by atoms with Crippen molar-refractivity contribution in [2.24, 2.45) is 0 Å². The van der Waals surface area contributed by atoms with Crippen LogP contribution in [0.5, 0.6) is 5.75 Å². The lowest BCUT2D eigenvalue weighted by atomic mass is 10.0. The van der Waals surface area contributed by atoms with Crippen LogP contribution in [0.2, 0.25) is 0 Å². The van der Waals surface area contributed by atoms with E-state index < -0.39 is 23.8 Å². The van der Waals surface area contributed by atoms with Gasteiger partial charge in [0.15, 0.2) is 0 Å². The molecule has 0 bridgehead atoms. The molecular weight excluding hydrogens is 398 g/mol. The minimum Gasteiger partial charge on any atom is -0.495 e. The van der Waals surface area contributed by atoms with Gasteiger partial charge in [0.2, 0.25) is 0 Å². The second-order valence-electron chi connectivity index (χ2n) is 7.54. The van der Waals surface area contributed by atoms with E-state index in [1.54, 1.807) is 32.9 Å². The third kappa shape index (κ3) is 5.91. The Morgan fingerprint density at radius 3 is 2.69 bits per heavy atom. The number of nitriles is 1. The number of halogens is 1. The van der Waals surface area contributed by atoms with Crippen LogP contribution in [0, 0.1) is 11.3 Å². The Balaban J connectivity index is 2.27. The van der Waals surface area contributed by atoms with Crippen molar-refractivity contribution in [3.05, 3.63) is 23.3 Å². The molecule has 1 aromatic carbocycles. The summed E-state index contributed by atoms with van der Waals surface area (Å²) in [6, 6.07) is 5.13. The van der Waals surface area contributed by atoms with Gasteiger partial charge in [-0.1, -0.05) is 0 Å². The van der Waals surface area contributed by atoms with Crippen LogP contribution in [-0.4, -0.2) is 42.3 Å². The zero-order valence-electron chi connectivity index (χ0n) is 17.1. The summed E-state index contributed by atoms with van der Waals surface area (Å²) < 4.78 is 15.9. The lowest BCUT2D eigenvalue weighted by molar-refractivity contribution is 0.0175. The smallest absolute Gasteiger partial charge is 0.411 e. The van der Waals surface area contributed by atoms with E-state index in [4.69, 9.17) is 25.8 Å². The highest BCUT2D eigenvalue weighted by atomic mass is 35.5. The number of amides is 2. The quantitative estimate of drug-likeness (QED) is 0.531. The van der Waals surface area contributed by atoms with Crippen molar-refractivity contribution in [2.75, 3.05) is 24.9 Å². The number of fused-ring (bicyclic) bond motifs is 1. The summed E-state index contributed by atoms with van der Waals surface area (Å²) in [6.45, 7) is 5.83. The molecule has 1 atom stereocenters. The topological polar surface area (TPSA) is 101 Å². The van der Waals surface area contributed by atoms with Crippen LogP contribution >= 0.6 is 11.6 Å². The molecule has 1 aliphatic heterocycles. The normalized spacial score (nSPS) is 15.3. The Hall–Kier alpha value is -2.66. The van der Waals surface area contributed by atoms with Gasteiger partial charge in [0, 0.05) is 5.88 Å². The number of benzene rings is 1. The summed E-state index contributed by atoms with van der Waals surface area (Å²) in [5.74, 6) is 0.808. The molecule has 2 amide bonds. The van der Waals surface area contributed by atoms with Crippen molar-refractivity contribution < 1.29 is 23.8 Å². The average Bonchev–Trinajstić information content (AvgIpc) is 2.98. The van der Waals surface area contributed by atoms with Gasteiger partial charge in [0.05, 0.1) is 44.5 Å². The van der Waals surface area contributed by atoms with Crippen molar-refractivity contribution in [1.29, 1.82) is 5.26 Å². The molecule has 0 aliphatic carbocycles. The van der Waals surface area contributed by atoms with Gasteiger partial charge in [-0.25, -0.2) is 9.59 Å². The lowest BCUT2D eigenvalue weighted by Gasteiger charge is -2.27. The fraction of sp³-hybridized carbons (Fsp3) is 0.550. The molecular formula is C20H26ClN3O5. The van der Waals surface area contributed by atoms with Gasteiger partial charge in [-0.15, -0.1) is 11.6 Å². The third-order valence-electron chi connectivity index (χ3n) is 4.20. The van der Waals surface area contributed by atoms with E-state index in [1.807, 2.05) is 0 Å². The standard InChI is InChI=1S/C20H26ClN3O5/c1-20(2,3)29-19(26)24-12-13-10-15(23-18(25)28-9-5-7-21)17(27-4)11-14(13)16(24)6-8-22/h10-11,16H,5-7,9,12H2,1-4H3,(H,23,25). The number of carbonyl (C=O) groups excluding carboxylic acids is 2. The zero-order valence-corrected chi connectivity index (χ0v) is 17.8. The molecule has 0 spiro atoms. The second kappa shape index (κ2) is 9.70. The Bertz CT molecular complexity index is 801. The van der Waals surface area contributed by atoms with Gasteiger partial charge < -0.3 is 14.2 Å². The predicted molar refractivity (Wildman–Crippen MR) is 108 cm³/mol. The van der Waals surface area contributed by atoms with Crippen molar-refractivity contribution in [3.63, 3.8) is 0 Å². The first kappa shape index (κ1) is 22.6. The van der Waals surface area contributed by atoms with Crippen molar-refractivity contribution in [2.45, 2.75) is 51.8 Å². The number of alkyl halides is 1. The fourth-order valence-corrected chi connectivity index (χ4v) is 3.11. The number of ether oxygens (including phenoxy) is 3. The number of hydrogen-bond acceptors (Lipinski definition) is 6. The van der Waals surface area contributed by atoms with Crippen LogP contribution in [0.4, 0.5) is 15.3 Å². The number of methoxy groups -OCH3 is 1. The fourth-order valence-electron chi connectivity index (χ4n) is 3.00. The first-order valence-electron chi connectivity index (χ1n) is 9.27. The highest BCUT2D eigenvalue weighted by Crippen LogP contribution is 2.41. The van der Waals surface area contributed by atoms with E-state index in [2.05, 4.69) is 11.4 Å². The molecule has 158 valence electrons. The molecule has 9 heteroatoms. The average molecular weight is 424 g/mol. The van der Waals surface area contributed by atoms with E-state index in [0.29, 0.717) is 23.7 Å². The molecule has 1 aromatic rings. The molecule has 0 saturated heterocycles. The summed E-state index contributed by atoms with van der Waals surface area (Å²) in [7, 11) is 1.48. The maximum Gasteiger partial charge on any atom is 0.411 e. The minimum atomic E-state index is -0.653. The Morgan fingerprint density at radius 1 is 1.38 bits per heavy atom. The van der Waals surface area contributed by atoms with Crippen LogP contribution < -0.4 is 10.1 Å². The van der Waals surface area contributed by atoms with Crippen molar-refractivity contribution in [3.8, 4) is 11.8 Å². The molecule has 0 fully saturated rings. The largest absolute Gasteiger partial charge is 0.495 e. The number of nitrogens with one attached hydrogen (secondary N) is 1. The molecule has 29 heavy (non-hydrogen) atoms. The highest BCUT2D eigenvalue weighted by Gasteiger charge is 2.37. The minimum absolute atomic E-state index is 0.114. The molecule has 0 aromatic heterocycles. The summed E-state index contributed by atoms with van der Waals surface area (Å²) in [4.78, 5) is 26.1. The lowest BCUT2D eigenvalue weighted by Crippen LogP contribution is -2.35. The van der Waals surface area contributed by atoms with Crippen LogP contribution in [0.1, 0.15) is 50.8 Å². The van der Waals surface area contributed by atoms with Crippen LogP contribution in [0.15, 0.2) is 12.1 Å².